The van der Waals surface area contributed by atoms with Gasteiger partial charge in [-0.3, -0.25) is 4.79 Å². The number of carbonyl (C=O) groups is 1. The summed E-state index contributed by atoms with van der Waals surface area (Å²) in [7, 11) is 0. The minimum absolute atomic E-state index is 0.246. The molecule has 0 N–H and O–H groups in total. The van der Waals surface area contributed by atoms with Gasteiger partial charge in [-0.25, -0.2) is 0 Å². The van der Waals surface area contributed by atoms with Crippen molar-refractivity contribution in [1.82, 2.24) is 0 Å². The summed E-state index contributed by atoms with van der Waals surface area (Å²) in [6.45, 7) is 5.13. The van der Waals surface area contributed by atoms with Crippen LogP contribution in [0.3, 0.4) is 0 Å². The molecule has 0 fully saturated rings. The van der Waals surface area contributed by atoms with Gasteiger partial charge in [-0.1, -0.05) is 42.5 Å². The first-order chi connectivity index (χ1) is 8.70. The van der Waals surface area contributed by atoms with E-state index in [4.69, 9.17) is 4.74 Å². The molecule has 0 bridgehead atoms. The van der Waals surface area contributed by atoms with Crippen molar-refractivity contribution in [3.05, 3.63) is 60.7 Å². The summed E-state index contributed by atoms with van der Waals surface area (Å²) in [6.07, 6.45) is 2.14. The molecule has 2 aromatic carbocycles. The number of ether oxygens (including phenoxy) is 1. The number of hydrogen-bond donors (Lipinski definition) is 0. The molecular formula is C16H16O2. The Bertz CT molecular complexity index is 572. The molecule has 0 heterocycles. The Labute approximate surface area is 107 Å². The SMILES string of the molecule is C=CC[C@@H](OC(C)=O)c1ccc2ccccc2c1. The van der Waals surface area contributed by atoms with Gasteiger partial charge >= 0.3 is 5.97 Å². The van der Waals surface area contributed by atoms with Crippen molar-refractivity contribution >= 4 is 16.7 Å². The number of hydrogen-bond acceptors (Lipinski definition) is 2. The Morgan fingerprint density at radius 2 is 2.00 bits per heavy atom. The fourth-order valence-corrected chi connectivity index (χ4v) is 2.01. The van der Waals surface area contributed by atoms with Crippen LogP contribution in [0.15, 0.2) is 55.1 Å². The second-order valence-corrected chi connectivity index (χ2v) is 4.23. The summed E-state index contributed by atoms with van der Waals surface area (Å²) in [5, 5.41) is 2.33. The van der Waals surface area contributed by atoms with E-state index in [1.54, 1.807) is 6.08 Å². The van der Waals surface area contributed by atoms with Crippen LogP contribution in [0, 0.1) is 0 Å². The third-order valence-electron chi connectivity index (χ3n) is 2.83. The van der Waals surface area contributed by atoms with Crippen LogP contribution in [0.25, 0.3) is 10.8 Å². The lowest BCUT2D eigenvalue weighted by Crippen LogP contribution is -2.07. The van der Waals surface area contributed by atoms with Gasteiger partial charge in [0.15, 0.2) is 0 Å². The lowest BCUT2D eigenvalue weighted by Gasteiger charge is -2.16. The van der Waals surface area contributed by atoms with Crippen LogP contribution in [0.1, 0.15) is 25.0 Å². The molecule has 92 valence electrons. The predicted molar refractivity (Wildman–Crippen MR) is 73.3 cm³/mol. The Balaban J connectivity index is 2.37. The Hall–Kier alpha value is -2.09. The highest BCUT2D eigenvalue weighted by Gasteiger charge is 2.13. The zero-order valence-corrected chi connectivity index (χ0v) is 10.4. The average molecular weight is 240 g/mol. The van der Waals surface area contributed by atoms with Crippen molar-refractivity contribution in [2.45, 2.75) is 19.4 Å². The maximum absolute atomic E-state index is 11.1. The number of benzene rings is 2. The molecule has 2 aromatic rings. The number of carbonyl (C=O) groups excluding carboxylic acids is 1. The summed E-state index contributed by atoms with van der Waals surface area (Å²) in [4.78, 5) is 11.1. The van der Waals surface area contributed by atoms with Gasteiger partial charge in [-0.15, -0.1) is 6.58 Å². The fourth-order valence-electron chi connectivity index (χ4n) is 2.01. The van der Waals surface area contributed by atoms with E-state index in [0.717, 1.165) is 10.9 Å². The van der Waals surface area contributed by atoms with Gasteiger partial charge < -0.3 is 4.74 Å². The molecule has 2 nitrogen and oxygen atoms in total. The van der Waals surface area contributed by atoms with Crippen LogP contribution >= 0.6 is 0 Å². The molecule has 0 saturated carbocycles. The smallest absolute Gasteiger partial charge is 0.303 e. The first-order valence-corrected chi connectivity index (χ1v) is 5.97. The van der Waals surface area contributed by atoms with E-state index < -0.39 is 0 Å². The zero-order valence-electron chi connectivity index (χ0n) is 10.4. The topological polar surface area (TPSA) is 26.3 Å². The first kappa shape index (κ1) is 12.4. The third kappa shape index (κ3) is 2.77. The maximum Gasteiger partial charge on any atom is 0.303 e. The number of fused-ring (bicyclic) bond motifs is 1. The molecule has 0 aliphatic rings. The lowest BCUT2D eigenvalue weighted by atomic mass is 10.0. The quantitative estimate of drug-likeness (QED) is 0.596. The predicted octanol–water partition coefficient (Wildman–Crippen LogP) is 4.02. The van der Waals surface area contributed by atoms with Gasteiger partial charge in [0.25, 0.3) is 0 Å². The molecule has 2 heteroatoms. The third-order valence-corrected chi connectivity index (χ3v) is 2.83. The molecule has 1 atom stereocenters. The molecular weight excluding hydrogens is 224 g/mol. The Morgan fingerprint density at radius 1 is 1.28 bits per heavy atom. The van der Waals surface area contributed by atoms with E-state index in [1.807, 2.05) is 24.3 Å². The van der Waals surface area contributed by atoms with E-state index in [2.05, 4.69) is 24.8 Å². The number of esters is 1. The molecule has 0 aliphatic carbocycles. The monoisotopic (exact) mass is 240 g/mol. The molecule has 0 radical (unpaired) electrons. The van der Waals surface area contributed by atoms with Gasteiger partial charge in [-0.2, -0.15) is 0 Å². The second kappa shape index (κ2) is 5.50. The lowest BCUT2D eigenvalue weighted by molar-refractivity contribution is -0.146. The second-order valence-electron chi connectivity index (χ2n) is 4.23. The van der Waals surface area contributed by atoms with E-state index in [0.29, 0.717) is 6.42 Å². The average Bonchev–Trinajstić information content (AvgIpc) is 2.37. The van der Waals surface area contributed by atoms with E-state index in [-0.39, 0.29) is 12.1 Å². The molecule has 0 aliphatic heterocycles. The molecule has 0 spiro atoms. The normalized spacial score (nSPS) is 12.1. The van der Waals surface area contributed by atoms with Gasteiger partial charge in [0, 0.05) is 13.3 Å². The molecule has 0 amide bonds. The molecule has 0 aromatic heterocycles. The molecule has 0 saturated heterocycles. The van der Waals surface area contributed by atoms with Gasteiger partial charge in [0.1, 0.15) is 6.10 Å². The Morgan fingerprint density at radius 3 is 2.67 bits per heavy atom. The highest BCUT2D eigenvalue weighted by molar-refractivity contribution is 5.83. The first-order valence-electron chi connectivity index (χ1n) is 5.97. The summed E-state index contributed by atoms with van der Waals surface area (Å²) < 4.78 is 5.32. The van der Waals surface area contributed by atoms with Crippen molar-refractivity contribution in [2.24, 2.45) is 0 Å². The summed E-state index contributed by atoms with van der Waals surface area (Å²) in [6, 6.07) is 14.2. The van der Waals surface area contributed by atoms with E-state index >= 15 is 0 Å². The van der Waals surface area contributed by atoms with Crippen LogP contribution in [0.4, 0.5) is 0 Å². The van der Waals surface area contributed by atoms with Gasteiger partial charge in [0.05, 0.1) is 0 Å². The van der Waals surface area contributed by atoms with E-state index in [1.165, 1.54) is 12.3 Å². The number of rotatable bonds is 4. The van der Waals surface area contributed by atoms with Crippen LogP contribution in [-0.4, -0.2) is 5.97 Å². The van der Waals surface area contributed by atoms with Crippen LogP contribution < -0.4 is 0 Å². The fraction of sp³-hybridized carbons (Fsp3) is 0.188. The zero-order chi connectivity index (χ0) is 13.0. The Kier molecular flexibility index (Phi) is 3.78. The minimum Gasteiger partial charge on any atom is -0.457 e. The maximum atomic E-state index is 11.1. The van der Waals surface area contributed by atoms with E-state index in [9.17, 15) is 4.79 Å². The largest absolute Gasteiger partial charge is 0.457 e. The summed E-state index contributed by atoms with van der Waals surface area (Å²) in [5.41, 5.74) is 1.00. The van der Waals surface area contributed by atoms with Crippen molar-refractivity contribution < 1.29 is 9.53 Å². The van der Waals surface area contributed by atoms with Crippen LogP contribution in [0.5, 0.6) is 0 Å². The summed E-state index contributed by atoms with van der Waals surface area (Å²) >= 11 is 0. The van der Waals surface area contributed by atoms with Crippen LogP contribution in [-0.2, 0) is 9.53 Å². The molecule has 2 rings (SSSR count). The highest BCUT2D eigenvalue weighted by Crippen LogP contribution is 2.25. The standard InChI is InChI=1S/C16H16O2/c1-3-6-16(18-12(2)17)15-10-9-13-7-4-5-8-14(13)11-15/h3-5,7-11,16H,1,6H2,2H3/t16-/m1/s1. The molecule has 0 unspecified atom stereocenters. The van der Waals surface area contributed by atoms with Crippen LogP contribution in [0.2, 0.25) is 0 Å². The van der Waals surface area contributed by atoms with Gasteiger partial charge in [0.2, 0.25) is 0 Å². The van der Waals surface area contributed by atoms with Crippen molar-refractivity contribution in [1.29, 1.82) is 0 Å². The minimum atomic E-state index is -0.269. The molecule has 18 heavy (non-hydrogen) atoms. The highest BCUT2D eigenvalue weighted by atomic mass is 16.5. The van der Waals surface area contributed by atoms with Gasteiger partial charge in [-0.05, 0) is 22.4 Å². The van der Waals surface area contributed by atoms with Crippen molar-refractivity contribution in [2.75, 3.05) is 0 Å². The van der Waals surface area contributed by atoms with Crippen molar-refractivity contribution in [3.63, 3.8) is 0 Å². The summed E-state index contributed by atoms with van der Waals surface area (Å²) in [5.74, 6) is -0.269. The van der Waals surface area contributed by atoms with Crippen molar-refractivity contribution in [3.8, 4) is 0 Å².